The third-order valence-electron chi connectivity index (χ3n) is 3.14. The minimum absolute atomic E-state index is 0.00289. The average Bonchev–Trinajstić information content (AvgIpc) is 2.95. The number of carboxylic acids is 1. The van der Waals surface area contributed by atoms with E-state index in [1.54, 1.807) is 18.2 Å². The van der Waals surface area contributed by atoms with Crippen LogP contribution in [0.25, 0.3) is 11.3 Å². The van der Waals surface area contributed by atoms with Crippen molar-refractivity contribution >= 4 is 15.8 Å². The Morgan fingerprint density at radius 3 is 2.79 bits per heavy atom. The highest BCUT2D eigenvalue weighted by atomic mass is 32.2. The normalized spacial score (nSPS) is 16.2. The van der Waals surface area contributed by atoms with Gasteiger partial charge in [-0.1, -0.05) is 6.07 Å². The third kappa shape index (κ3) is 1.91. The number of nitrogens with zero attached hydrogens (tertiary/aromatic N) is 1. The molecule has 19 heavy (non-hydrogen) atoms. The van der Waals surface area contributed by atoms with Crippen LogP contribution < -0.4 is 0 Å². The van der Waals surface area contributed by atoms with E-state index in [1.807, 2.05) is 0 Å². The highest BCUT2D eigenvalue weighted by molar-refractivity contribution is 7.91. The van der Waals surface area contributed by atoms with Gasteiger partial charge in [-0.2, -0.15) is 5.10 Å². The molecule has 0 saturated carbocycles. The van der Waals surface area contributed by atoms with E-state index in [0.29, 0.717) is 22.6 Å². The molecule has 7 heteroatoms. The first kappa shape index (κ1) is 11.9. The number of hydrogen-bond donors (Lipinski definition) is 2. The van der Waals surface area contributed by atoms with Crippen LogP contribution in [0.5, 0.6) is 0 Å². The van der Waals surface area contributed by atoms with Crippen LogP contribution in [0.2, 0.25) is 0 Å². The number of aromatic nitrogens is 2. The average molecular weight is 278 g/mol. The summed E-state index contributed by atoms with van der Waals surface area (Å²) in [7, 11) is -3.14. The maximum atomic E-state index is 11.7. The van der Waals surface area contributed by atoms with E-state index in [2.05, 4.69) is 10.2 Å². The monoisotopic (exact) mass is 278 g/mol. The highest BCUT2D eigenvalue weighted by Gasteiger charge is 2.26. The topological polar surface area (TPSA) is 100 Å². The number of sulfone groups is 1. The van der Waals surface area contributed by atoms with Gasteiger partial charge in [0.2, 0.25) is 0 Å². The molecule has 0 amide bonds. The lowest BCUT2D eigenvalue weighted by molar-refractivity contribution is 0.0690. The number of fused-ring (bicyclic) bond motifs is 1. The van der Waals surface area contributed by atoms with Crippen molar-refractivity contribution < 1.29 is 18.3 Å². The molecule has 98 valence electrons. The molecule has 0 fully saturated rings. The van der Waals surface area contributed by atoms with Crippen molar-refractivity contribution in [3.05, 3.63) is 35.5 Å². The van der Waals surface area contributed by atoms with Gasteiger partial charge in [0.25, 0.3) is 0 Å². The Balaban J connectivity index is 2.06. The lowest BCUT2D eigenvalue weighted by Gasteiger charge is -2.01. The van der Waals surface area contributed by atoms with Gasteiger partial charge in [-0.15, -0.1) is 0 Å². The number of hydrogen-bond acceptors (Lipinski definition) is 4. The van der Waals surface area contributed by atoms with E-state index in [0.717, 1.165) is 5.56 Å². The van der Waals surface area contributed by atoms with Gasteiger partial charge in [-0.25, -0.2) is 13.2 Å². The first-order chi connectivity index (χ1) is 8.97. The van der Waals surface area contributed by atoms with Gasteiger partial charge in [0.15, 0.2) is 9.84 Å². The van der Waals surface area contributed by atoms with Crippen molar-refractivity contribution in [1.29, 1.82) is 0 Å². The smallest absolute Gasteiger partial charge is 0.353 e. The maximum Gasteiger partial charge on any atom is 0.353 e. The van der Waals surface area contributed by atoms with Crippen LogP contribution in [0, 0.1) is 0 Å². The Morgan fingerprint density at radius 2 is 2.11 bits per heavy atom. The summed E-state index contributed by atoms with van der Waals surface area (Å²) in [6.07, 6.45) is 0.488. The second-order valence-corrected chi connectivity index (χ2v) is 6.44. The lowest BCUT2D eigenvalue weighted by atomic mass is 10.1. The molecule has 0 aliphatic carbocycles. The van der Waals surface area contributed by atoms with Gasteiger partial charge in [0.1, 0.15) is 5.69 Å². The summed E-state index contributed by atoms with van der Waals surface area (Å²) in [6.45, 7) is 0. The molecule has 1 aliphatic rings. The molecule has 6 nitrogen and oxygen atoms in total. The van der Waals surface area contributed by atoms with Gasteiger partial charge in [-0.05, 0) is 30.2 Å². The van der Waals surface area contributed by atoms with Gasteiger partial charge < -0.3 is 5.11 Å². The van der Waals surface area contributed by atoms with Crippen LogP contribution in [0.4, 0.5) is 0 Å². The van der Waals surface area contributed by atoms with Gasteiger partial charge in [-0.3, -0.25) is 5.10 Å². The molecule has 0 unspecified atom stereocenters. The zero-order valence-corrected chi connectivity index (χ0v) is 10.6. The van der Waals surface area contributed by atoms with Gasteiger partial charge >= 0.3 is 5.97 Å². The molecule has 2 aromatic rings. The summed E-state index contributed by atoms with van der Waals surface area (Å²) in [5.41, 5.74) is 1.96. The number of benzene rings is 1. The SMILES string of the molecule is O=C(O)c1cc(-c2ccc3c(c2)CCS3(=O)=O)n[nH]1. The largest absolute Gasteiger partial charge is 0.477 e. The third-order valence-corrected chi connectivity index (χ3v) is 4.95. The Labute approximate surface area is 109 Å². The number of carbonyl (C=O) groups is 1. The summed E-state index contributed by atoms with van der Waals surface area (Å²) in [5, 5.41) is 15.2. The number of H-pyrrole nitrogens is 1. The molecule has 0 radical (unpaired) electrons. The molecule has 0 atom stereocenters. The van der Waals surface area contributed by atoms with Crippen molar-refractivity contribution in [2.75, 3.05) is 5.75 Å². The summed E-state index contributed by atoms with van der Waals surface area (Å²) < 4.78 is 23.4. The Bertz CT molecular complexity index is 777. The summed E-state index contributed by atoms with van der Waals surface area (Å²) in [5.74, 6) is -0.949. The van der Waals surface area contributed by atoms with Crippen LogP contribution >= 0.6 is 0 Å². The molecular weight excluding hydrogens is 268 g/mol. The van der Waals surface area contributed by atoms with E-state index in [1.165, 1.54) is 6.07 Å². The predicted molar refractivity (Wildman–Crippen MR) is 66.7 cm³/mol. The fraction of sp³-hybridized carbons (Fsp3) is 0.167. The van der Waals surface area contributed by atoms with Crippen LogP contribution in [0.1, 0.15) is 16.1 Å². The number of aromatic amines is 1. The Morgan fingerprint density at radius 1 is 1.32 bits per heavy atom. The van der Waals surface area contributed by atoms with Crippen molar-refractivity contribution in [3.8, 4) is 11.3 Å². The zero-order valence-electron chi connectivity index (χ0n) is 9.75. The Hall–Kier alpha value is -2.15. The van der Waals surface area contributed by atoms with Crippen molar-refractivity contribution in [2.24, 2.45) is 0 Å². The number of rotatable bonds is 2. The first-order valence-electron chi connectivity index (χ1n) is 5.62. The van der Waals surface area contributed by atoms with E-state index in [9.17, 15) is 13.2 Å². The minimum Gasteiger partial charge on any atom is -0.477 e. The van der Waals surface area contributed by atoms with Crippen LogP contribution in [0.15, 0.2) is 29.2 Å². The fourth-order valence-corrected chi connectivity index (χ4v) is 3.72. The van der Waals surface area contributed by atoms with Gasteiger partial charge in [0, 0.05) is 5.56 Å². The second kappa shape index (κ2) is 3.92. The summed E-state index contributed by atoms with van der Waals surface area (Å²) >= 11 is 0. The Kier molecular flexibility index (Phi) is 2.46. The molecule has 2 N–H and O–H groups in total. The molecule has 0 spiro atoms. The molecule has 0 bridgehead atoms. The number of aromatic carboxylic acids is 1. The van der Waals surface area contributed by atoms with Crippen molar-refractivity contribution in [1.82, 2.24) is 10.2 Å². The van der Waals surface area contributed by atoms with Crippen LogP contribution in [-0.4, -0.2) is 35.4 Å². The van der Waals surface area contributed by atoms with Crippen molar-refractivity contribution in [2.45, 2.75) is 11.3 Å². The molecule has 3 rings (SSSR count). The van der Waals surface area contributed by atoms with Gasteiger partial charge in [0.05, 0.1) is 16.3 Å². The van der Waals surface area contributed by atoms with E-state index in [-0.39, 0.29) is 11.4 Å². The standard InChI is InChI=1S/C12H10N2O4S/c15-12(16)10-6-9(13-14-10)7-1-2-11-8(5-7)3-4-19(11,17)18/h1-2,5-6H,3-4H2,(H,13,14)(H,15,16). The quantitative estimate of drug-likeness (QED) is 0.857. The second-order valence-electron chi connectivity index (χ2n) is 4.36. The molecule has 1 aromatic heterocycles. The lowest BCUT2D eigenvalue weighted by Crippen LogP contribution is -1.98. The number of aryl methyl sites for hydroxylation is 1. The minimum atomic E-state index is -3.14. The summed E-state index contributed by atoms with van der Waals surface area (Å²) in [6, 6.07) is 6.38. The molecule has 2 heterocycles. The van der Waals surface area contributed by atoms with E-state index < -0.39 is 15.8 Å². The van der Waals surface area contributed by atoms with Crippen molar-refractivity contribution in [3.63, 3.8) is 0 Å². The molecule has 0 saturated heterocycles. The zero-order chi connectivity index (χ0) is 13.6. The molecule has 1 aromatic carbocycles. The van der Waals surface area contributed by atoms with E-state index in [4.69, 9.17) is 5.11 Å². The van der Waals surface area contributed by atoms with Crippen LogP contribution in [-0.2, 0) is 16.3 Å². The summed E-state index contributed by atoms with van der Waals surface area (Å²) in [4.78, 5) is 11.1. The highest BCUT2D eigenvalue weighted by Crippen LogP contribution is 2.30. The molecular formula is C12H10N2O4S. The molecule has 1 aliphatic heterocycles. The van der Waals surface area contributed by atoms with E-state index >= 15 is 0 Å². The van der Waals surface area contributed by atoms with Crippen LogP contribution in [0.3, 0.4) is 0 Å². The predicted octanol–water partition coefficient (Wildman–Crippen LogP) is 1.10. The number of nitrogens with one attached hydrogen (secondary N) is 1. The first-order valence-corrected chi connectivity index (χ1v) is 7.27. The number of carboxylic acid groups (broad SMARTS) is 1. The maximum absolute atomic E-state index is 11.7. The fourth-order valence-electron chi connectivity index (χ4n) is 2.17.